The summed E-state index contributed by atoms with van der Waals surface area (Å²) in [7, 11) is -5.07. The van der Waals surface area contributed by atoms with Gasteiger partial charge in [-0.2, -0.15) is 8.42 Å². The van der Waals surface area contributed by atoms with E-state index in [2.05, 4.69) is 66.6 Å². The molecule has 69 heavy (non-hydrogen) atoms. The van der Waals surface area contributed by atoms with Crippen molar-refractivity contribution in [2.45, 2.75) is 275 Å². The maximum atomic E-state index is 12.9. The van der Waals surface area contributed by atoms with E-state index in [0.29, 0.717) is 13.0 Å². The van der Waals surface area contributed by atoms with E-state index in [-0.39, 0.29) is 19.6 Å². The van der Waals surface area contributed by atoms with Gasteiger partial charge in [0.05, 0.1) is 19.8 Å². The third-order valence-electron chi connectivity index (χ3n) is 12.7. The number of carbonyl (C=O) groups excluding carboxylic acids is 1. The molecule has 0 radical (unpaired) electrons. The van der Waals surface area contributed by atoms with Gasteiger partial charge < -0.3 is 34.3 Å². The van der Waals surface area contributed by atoms with Crippen LogP contribution in [0.15, 0.2) is 48.6 Å². The fourth-order valence-corrected chi connectivity index (χ4v) is 9.06. The van der Waals surface area contributed by atoms with E-state index in [4.69, 9.17) is 18.9 Å². The number of unbranched alkanes of at least 4 members (excludes halogenated alkanes) is 28. The summed E-state index contributed by atoms with van der Waals surface area (Å²) in [5.41, 5.74) is 0. The van der Waals surface area contributed by atoms with Crippen molar-refractivity contribution in [3.8, 4) is 0 Å². The van der Waals surface area contributed by atoms with Crippen molar-refractivity contribution < 1.29 is 56.2 Å². The Morgan fingerprint density at radius 3 is 1.46 bits per heavy atom. The molecule has 6 unspecified atom stereocenters. The minimum absolute atomic E-state index is 0.0381. The molecule has 404 valence electrons. The number of aliphatic hydroxyl groups excluding tert-OH is 3. The molecule has 0 aromatic rings. The average molecular weight is 999 g/mol. The first kappa shape index (κ1) is 65.1. The van der Waals surface area contributed by atoms with Crippen LogP contribution in [0.4, 0.5) is 0 Å². The first-order valence-corrected chi connectivity index (χ1v) is 29.3. The van der Waals surface area contributed by atoms with E-state index < -0.39 is 59.8 Å². The quantitative estimate of drug-likeness (QED) is 0.0196. The van der Waals surface area contributed by atoms with Gasteiger partial charge in [-0.3, -0.25) is 9.35 Å². The first-order chi connectivity index (χ1) is 33.6. The molecule has 6 atom stereocenters. The second-order valence-electron chi connectivity index (χ2n) is 19.2. The van der Waals surface area contributed by atoms with Crippen LogP contribution in [0, 0.1) is 0 Å². The van der Waals surface area contributed by atoms with E-state index in [0.717, 1.165) is 64.2 Å². The SMILES string of the molecule is CC/C=C\C/C=C\C/C=C\C/C=C\CCCCCCCCCCCCCCC(=O)OC(COCCCCCCCCCCCCCCCCCCC)COC1OC(CO)C(O)C(OS(=O)(=O)O)C1O. The normalized spacial score (nSPS) is 19.5. The fourth-order valence-electron chi connectivity index (χ4n) is 8.55. The van der Waals surface area contributed by atoms with E-state index in [1.54, 1.807) is 0 Å². The van der Waals surface area contributed by atoms with E-state index in [1.165, 1.54) is 148 Å². The van der Waals surface area contributed by atoms with Crippen LogP contribution in [-0.4, -0.2) is 97.5 Å². The lowest BCUT2D eigenvalue weighted by molar-refractivity contribution is -0.301. The van der Waals surface area contributed by atoms with Gasteiger partial charge in [0.1, 0.15) is 30.5 Å². The lowest BCUT2D eigenvalue weighted by Crippen LogP contribution is -2.60. The maximum Gasteiger partial charge on any atom is 0.397 e. The minimum Gasteiger partial charge on any atom is -0.457 e. The number of hydrogen-bond donors (Lipinski definition) is 4. The number of allylic oxidation sites excluding steroid dienone is 8. The number of carbonyl (C=O) groups is 1. The maximum absolute atomic E-state index is 12.9. The van der Waals surface area contributed by atoms with E-state index in [1.807, 2.05) is 0 Å². The van der Waals surface area contributed by atoms with Crippen LogP contribution in [0.5, 0.6) is 0 Å². The number of aliphatic hydroxyl groups is 3. The molecule has 12 nitrogen and oxygen atoms in total. The smallest absolute Gasteiger partial charge is 0.397 e. The topological polar surface area (TPSA) is 178 Å². The van der Waals surface area contributed by atoms with Gasteiger partial charge in [-0.1, -0.05) is 229 Å². The average Bonchev–Trinajstić information content (AvgIpc) is 3.32. The zero-order valence-corrected chi connectivity index (χ0v) is 44.4. The standard InChI is InChI=1S/C56H102O12S/c1-3-5-7-9-11-13-15-17-19-21-22-23-24-25-26-27-28-29-31-33-35-37-39-41-43-45-52(58)66-50(49-65-56-54(60)55(68-69(61,62)63)53(59)51(47-57)67-56)48-64-46-44-42-40-38-36-34-32-30-20-18-16-14-12-10-8-6-4-2/h5,7,11,13,17,19,22-23,50-51,53-57,59-60H,3-4,6,8-10,12,14-16,18,20-21,24-49H2,1-2H3,(H,61,62,63)/b7-5-,13-11-,19-17-,23-22-. The molecule has 0 aromatic heterocycles. The van der Waals surface area contributed by atoms with E-state index in [9.17, 15) is 33.1 Å². The molecule has 1 rings (SSSR count). The van der Waals surface area contributed by atoms with Gasteiger partial charge in [0, 0.05) is 13.0 Å². The Morgan fingerprint density at radius 1 is 0.565 bits per heavy atom. The van der Waals surface area contributed by atoms with Crippen LogP contribution in [-0.2, 0) is 38.3 Å². The summed E-state index contributed by atoms with van der Waals surface area (Å²) >= 11 is 0. The first-order valence-electron chi connectivity index (χ1n) is 27.9. The van der Waals surface area contributed by atoms with Crippen molar-refractivity contribution in [1.82, 2.24) is 0 Å². The molecule has 1 heterocycles. The predicted molar refractivity (Wildman–Crippen MR) is 280 cm³/mol. The van der Waals surface area contributed by atoms with Crippen molar-refractivity contribution in [2.75, 3.05) is 26.4 Å². The van der Waals surface area contributed by atoms with Crippen molar-refractivity contribution >= 4 is 16.4 Å². The summed E-state index contributed by atoms with van der Waals surface area (Å²) in [4.78, 5) is 12.9. The molecule has 4 N–H and O–H groups in total. The van der Waals surface area contributed by atoms with Crippen LogP contribution < -0.4 is 0 Å². The molecule has 1 fully saturated rings. The summed E-state index contributed by atoms with van der Waals surface area (Å²) in [5.74, 6) is -0.398. The summed E-state index contributed by atoms with van der Waals surface area (Å²) in [5, 5.41) is 30.8. The molecule has 1 saturated heterocycles. The molecule has 13 heteroatoms. The Morgan fingerprint density at radius 2 is 1.00 bits per heavy atom. The summed E-state index contributed by atoms with van der Waals surface area (Å²) in [6.07, 6.45) is 50.0. The molecule has 0 saturated carbocycles. The number of rotatable bonds is 49. The summed E-state index contributed by atoms with van der Waals surface area (Å²) < 4.78 is 59.4. The Kier molecular flexibility index (Phi) is 44.4. The predicted octanol–water partition coefficient (Wildman–Crippen LogP) is 13.5. The lowest BCUT2D eigenvalue weighted by Gasteiger charge is -2.41. The number of hydrogen-bond acceptors (Lipinski definition) is 11. The van der Waals surface area contributed by atoms with E-state index >= 15 is 0 Å². The number of ether oxygens (including phenoxy) is 4. The van der Waals surface area contributed by atoms with Crippen LogP contribution in [0.3, 0.4) is 0 Å². The van der Waals surface area contributed by atoms with Crippen LogP contribution in [0.1, 0.15) is 239 Å². The molecule has 0 bridgehead atoms. The van der Waals surface area contributed by atoms with Gasteiger partial charge in [-0.05, 0) is 51.4 Å². The summed E-state index contributed by atoms with van der Waals surface area (Å²) in [6.45, 7) is 3.92. The highest BCUT2D eigenvalue weighted by Gasteiger charge is 2.48. The Hall–Kier alpha value is -1.94. The second kappa shape index (κ2) is 47.1. The van der Waals surface area contributed by atoms with Gasteiger partial charge in [0.15, 0.2) is 6.29 Å². The Bertz CT molecular complexity index is 1380. The van der Waals surface area contributed by atoms with Gasteiger partial charge in [-0.25, -0.2) is 4.18 Å². The van der Waals surface area contributed by atoms with Gasteiger partial charge in [0.25, 0.3) is 0 Å². The number of esters is 1. The van der Waals surface area contributed by atoms with Crippen molar-refractivity contribution in [1.29, 1.82) is 0 Å². The summed E-state index contributed by atoms with van der Waals surface area (Å²) in [6, 6.07) is 0. The second-order valence-corrected chi connectivity index (χ2v) is 20.2. The molecule has 1 aliphatic rings. The highest BCUT2D eigenvalue weighted by atomic mass is 32.3. The van der Waals surface area contributed by atoms with Gasteiger partial charge >= 0.3 is 16.4 Å². The Balaban J connectivity index is 2.30. The molecule has 0 spiro atoms. The van der Waals surface area contributed by atoms with Crippen LogP contribution in [0.25, 0.3) is 0 Å². The minimum atomic E-state index is -5.07. The highest BCUT2D eigenvalue weighted by Crippen LogP contribution is 2.26. The third-order valence-corrected chi connectivity index (χ3v) is 13.2. The third kappa shape index (κ3) is 40.3. The van der Waals surface area contributed by atoms with Gasteiger partial charge in [0.2, 0.25) is 0 Å². The molecular weight excluding hydrogens is 897 g/mol. The molecule has 0 aliphatic carbocycles. The van der Waals surface area contributed by atoms with Crippen molar-refractivity contribution in [3.05, 3.63) is 48.6 Å². The molecule has 1 aliphatic heterocycles. The van der Waals surface area contributed by atoms with Gasteiger partial charge in [-0.15, -0.1) is 0 Å². The zero-order valence-electron chi connectivity index (χ0n) is 43.6. The van der Waals surface area contributed by atoms with Crippen LogP contribution >= 0.6 is 0 Å². The zero-order chi connectivity index (χ0) is 50.3. The lowest BCUT2D eigenvalue weighted by atomic mass is 9.99. The van der Waals surface area contributed by atoms with Crippen molar-refractivity contribution in [2.24, 2.45) is 0 Å². The molecule has 0 amide bonds. The largest absolute Gasteiger partial charge is 0.457 e. The highest BCUT2D eigenvalue weighted by molar-refractivity contribution is 7.80. The molecule has 0 aromatic carbocycles. The van der Waals surface area contributed by atoms with Crippen molar-refractivity contribution in [3.63, 3.8) is 0 Å². The molecular formula is C56H102O12S. The Labute approximate surface area is 421 Å². The fraction of sp³-hybridized carbons (Fsp3) is 0.839. The monoisotopic (exact) mass is 999 g/mol. The van der Waals surface area contributed by atoms with Crippen LogP contribution in [0.2, 0.25) is 0 Å².